The number of alkyl halides is 1. The fourth-order valence-electron chi connectivity index (χ4n) is 1.72. The van der Waals surface area contributed by atoms with Crippen molar-refractivity contribution >= 4 is 33.3 Å². The van der Waals surface area contributed by atoms with Gasteiger partial charge in [-0.2, -0.15) is 0 Å². The van der Waals surface area contributed by atoms with Gasteiger partial charge in [-0.25, -0.2) is 4.98 Å². The standard InChI is InChI=1S/C10H12BrClN2/c11-9-1-2-10(13-6-9)14-4-3-8(5-12)7-14/h1-2,6,8H,3-5,7H2. The number of hydrogen-bond donors (Lipinski definition) is 0. The molecule has 1 saturated heterocycles. The lowest BCUT2D eigenvalue weighted by Gasteiger charge is -2.16. The van der Waals surface area contributed by atoms with Gasteiger partial charge in [-0.15, -0.1) is 11.6 Å². The third kappa shape index (κ3) is 2.20. The number of anilines is 1. The summed E-state index contributed by atoms with van der Waals surface area (Å²) in [5.41, 5.74) is 0. The molecule has 1 atom stereocenters. The molecule has 0 amide bonds. The molecule has 0 aliphatic carbocycles. The van der Waals surface area contributed by atoms with Gasteiger partial charge in [0.25, 0.3) is 0 Å². The molecule has 0 saturated carbocycles. The van der Waals surface area contributed by atoms with E-state index in [1.54, 1.807) is 0 Å². The average Bonchev–Trinajstić information content (AvgIpc) is 2.67. The molecule has 2 nitrogen and oxygen atoms in total. The summed E-state index contributed by atoms with van der Waals surface area (Å²) < 4.78 is 1.02. The maximum atomic E-state index is 5.83. The highest BCUT2D eigenvalue weighted by atomic mass is 79.9. The fourth-order valence-corrected chi connectivity index (χ4v) is 2.21. The molecule has 0 bridgehead atoms. The first-order chi connectivity index (χ1) is 6.79. The van der Waals surface area contributed by atoms with Crippen LogP contribution in [0.15, 0.2) is 22.8 Å². The fraction of sp³-hybridized carbons (Fsp3) is 0.500. The van der Waals surface area contributed by atoms with Gasteiger partial charge >= 0.3 is 0 Å². The minimum absolute atomic E-state index is 0.627. The highest BCUT2D eigenvalue weighted by Gasteiger charge is 2.22. The smallest absolute Gasteiger partial charge is 0.128 e. The lowest BCUT2D eigenvalue weighted by Crippen LogP contribution is -2.20. The van der Waals surface area contributed by atoms with Crippen molar-refractivity contribution in [2.75, 3.05) is 23.9 Å². The van der Waals surface area contributed by atoms with Crippen LogP contribution in [-0.4, -0.2) is 24.0 Å². The Morgan fingerprint density at radius 3 is 3.00 bits per heavy atom. The molecule has 1 aliphatic rings. The van der Waals surface area contributed by atoms with E-state index in [0.717, 1.165) is 29.3 Å². The number of halogens is 2. The Balaban J connectivity index is 2.06. The molecule has 1 unspecified atom stereocenters. The third-order valence-electron chi connectivity index (χ3n) is 2.54. The summed E-state index contributed by atoms with van der Waals surface area (Å²) in [7, 11) is 0. The van der Waals surface area contributed by atoms with Gasteiger partial charge in [0.05, 0.1) is 0 Å². The molecule has 2 rings (SSSR count). The first-order valence-electron chi connectivity index (χ1n) is 4.72. The van der Waals surface area contributed by atoms with Crippen LogP contribution < -0.4 is 4.90 Å². The Morgan fingerprint density at radius 2 is 2.43 bits per heavy atom. The summed E-state index contributed by atoms with van der Waals surface area (Å²) in [4.78, 5) is 6.66. The second-order valence-corrected chi connectivity index (χ2v) is 4.81. The van der Waals surface area contributed by atoms with Gasteiger partial charge in [0.2, 0.25) is 0 Å². The highest BCUT2D eigenvalue weighted by Crippen LogP contribution is 2.23. The van der Waals surface area contributed by atoms with Crippen molar-refractivity contribution in [1.82, 2.24) is 4.98 Å². The molecular formula is C10H12BrClN2. The first-order valence-corrected chi connectivity index (χ1v) is 6.05. The molecule has 1 aromatic rings. The minimum Gasteiger partial charge on any atom is -0.356 e. The summed E-state index contributed by atoms with van der Waals surface area (Å²) in [5.74, 6) is 2.44. The van der Waals surface area contributed by atoms with E-state index in [9.17, 15) is 0 Å². The normalized spacial score (nSPS) is 21.6. The number of hydrogen-bond acceptors (Lipinski definition) is 2. The van der Waals surface area contributed by atoms with Gasteiger partial charge in [-0.05, 0) is 40.4 Å². The predicted molar refractivity (Wildman–Crippen MR) is 63.0 cm³/mol. The molecule has 0 radical (unpaired) electrons. The van der Waals surface area contributed by atoms with Crippen molar-refractivity contribution < 1.29 is 0 Å². The average molecular weight is 276 g/mol. The third-order valence-corrected chi connectivity index (χ3v) is 3.45. The second-order valence-electron chi connectivity index (χ2n) is 3.59. The van der Waals surface area contributed by atoms with Crippen molar-refractivity contribution in [3.05, 3.63) is 22.8 Å². The van der Waals surface area contributed by atoms with Gasteiger partial charge < -0.3 is 4.90 Å². The minimum atomic E-state index is 0.627. The maximum Gasteiger partial charge on any atom is 0.128 e. The lowest BCUT2D eigenvalue weighted by atomic mass is 10.2. The maximum absolute atomic E-state index is 5.83. The summed E-state index contributed by atoms with van der Waals surface area (Å²) in [5, 5.41) is 0. The van der Waals surface area contributed by atoms with E-state index in [1.807, 2.05) is 18.3 Å². The Labute approximate surface area is 97.4 Å². The molecule has 0 spiro atoms. The van der Waals surface area contributed by atoms with Crippen LogP contribution in [-0.2, 0) is 0 Å². The van der Waals surface area contributed by atoms with E-state index in [4.69, 9.17) is 11.6 Å². The van der Waals surface area contributed by atoms with E-state index < -0.39 is 0 Å². The van der Waals surface area contributed by atoms with Crippen molar-refractivity contribution in [3.8, 4) is 0 Å². The van der Waals surface area contributed by atoms with E-state index >= 15 is 0 Å². The SMILES string of the molecule is ClCC1CCN(c2ccc(Br)cn2)C1. The second kappa shape index (κ2) is 4.49. The van der Waals surface area contributed by atoms with Crippen LogP contribution in [0.25, 0.3) is 0 Å². The zero-order chi connectivity index (χ0) is 9.97. The predicted octanol–water partition coefficient (Wildman–Crippen LogP) is 2.91. The molecule has 76 valence electrons. The number of pyridine rings is 1. The first kappa shape index (κ1) is 10.2. The summed E-state index contributed by atoms with van der Waals surface area (Å²) >= 11 is 9.21. The number of aromatic nitrogens is 1. The quantitative estimate of drug-likeness (QED) is 0.772. The van der Waals surface area contributed by atoms with Crippen LogP contribution in [0.1, 0.15) is 6.42 Å². The molecule has 2 heterocycles. The zero-order valence-corrected chi connectivity index (χ0v) is 10.1. The molecule has 0 aromatic carbocycles. The summed E-state index contributed by atoms with van der Waals surface area (Å²) in [6.07, 6.45) is 3.02. The van der Waals surface area contributed by atoms with Gasteiger partial charge in [-0.3, -0.25) is 0 Å². The van der Waals surface area contributed by atoms with E-state index in [2.05, 4.69) is 25.8 Å². The van der Waals surface area contributed by atoms with Crippen LogP contribution in [0.5, 0.6) is 0 Å². The van der Waals surface area contributed by atoms with Crippen LogP contribution >= 0.6 is 27.5 Å². The largest absolute Gasteiger partial charge is 0.356 e. The lowest BCUT2D eigenvalue weighted by molar-refractivity contribution is 0.666. The van der Waals surface area contributed by atoms with E-state index in [-0.39, 0.29) is 0 Å². The Bertz CT molecular complexity index is 301. The van der Waals surface area contributed by atoms with E-state index in [0.29, 0.717) is 5.92 Å². The Kier molecular flexibility index (Phi) is 3.29. The molecule has 1 aliphatic heterocycles. The van der Waals surface area contributed by atoms with Gasteiger partial charge in [-0.1, -0.05) is 0 Å². The summed E-state index contributed by atoms with van der Waals surface area (Å²) in [6.45, 7) is 2.12. The van der Waals surface area contributed by atoms with E-state index in [1.165, 1.54) is 6.42 Å². The molecule has 1 aromatic heterocycles. The van der Waals surface area contributed by atoms with Crippen LogP contribution in [0.2, 0.25) is 0 Å². The van der Waals surface area contributed by atoms with Crippen molar-refractivity contribution in [2.24, 2.45) is 5.92 Å². The number of nitrogens with zero attached hydrogens (tertiary/aromatic N) is 2. The molecule has 1 fully saturated rings. The van der Waals surface area contributed by atoms with Gasteiger partial charge in [0.1, 0.15) is 5.82 Å². The molecule has 4 heteroatoms. The van der Waals surface area contributed by atoms with Crippen molar-refractivity contribution in [1.29, 1.82) is 0 Å². The van der Waals surface area contributed by atoms with Crippen molar-refractivity contribution in [2.45, 2.75) is 6.42 Å². The number of rotatable bonds is 2. The van der Waals surface area contributed by atoms with Crippen molar-refractivity contribution in [3.63, 3.8) is 0 Å². The molecular weight excluding hydrogens is 263 g/mol. The summed E-state index contributed by atoms with van der Waals surface area (Å²) in [6, 6.07) is 4.07. The van der Waals surface area contributed by atoms with Gasteiger partial charge in [0, 0.05) is 29.6 Å². The highest BCUT2D eigenvalue weighted by molar-refractivity contribution is 9.10. The monoisotopic (exact) mass is 274 g/mol. The van der Waals surface area contributed by atoms with Crippen LogP contribution in [0, 0.1) is 5.92 Å². The van der Waals surface area contributed by atoms with Gasteiger partial charge in [0.15, 0.2) is 0 Å². The Hall–Kier alpha value is -0.280. The molecule has 0 N–H and O–H groups in total. The zero-order valence-electron chi connectivity index (χ0n) is 7.79. The molecule has 14 heavy (non-hydrogen) atoms. The Morgan fingerprint density at radius 1 is 1.57 bits per heavy atom. The van der Waals surface area contributed by atoms with Crippen LogP contribution in [0.3, 0.4) is 0 Å². The topological polar surface area (TPSA) is 16.1 Å². The van der Waals surface area contributed by atoms with Crippen LogP contribution in [0.4, 0.5) is 5.82 Å².